The first kappa shape index (κ1) is 15.2. The molecule has 6 heteroatoms. The Morgan fingerprint density at radius 3 is 2.67 bits per heavy atom. The van der Waals surface area contributed by atoms with Crippen LogP contribution in [0.1, 0.15) is 36.9 Å². The molecule has 1 unspecified atom stereocenters. The van der Waals surface area contributed by atoms with E-state index in [9.17, 15) is 0 Å². The van der Waals surface area contributed by atoms with E-state index in [4.69, 9.17) is 9.47 Å². The molecule has 2 aromatic rings. The summed E-state index contributed by atoms with van der Waals surface area (Å²) in [7, 11) is 0. The monoisotopic (exact) mass is 326 g/mol. The van der Waals surface area contributed by atoms with Crippen molar-refractivity contribution in [3.63, 3.8) is 0 Å². The van der Waals surface area contributed by atoms with E-state index in [1.54, 1.807) is 0 Å². The summed E-state index contributed by atoms with van der Waals surface area (Å²) in [6.45, 7) is 5.31. The van der Waals surface area contributed by atoms with Gasteiger partial charge in [-0.25, -0.2) is 9.97 Å². The lowest BCUT2D eigenvalue weighted by Crippen LogP contribution is -2.21. The molecule has 1 N–H and O–H groups in total. The maximum atomic E-state index is 5.44. The van der Waals surface area contributed by atoms with Crippen LogP contribution in [0.25, 0.3) is 0 Å². The van der Waals surface area contributed by atoms with Gasteiger partial charge in [-0.3, -0.25) is 0 Å². The van der Waals surface area contributed by atoms with Crippen LogP contribution in [0, 0.1) is 0 Å². The molecule has 0 bridgehead atoms. The first-order valence-corrected chi connectivity index (χ1v) is 8.48. The lowest BCUT2D eigenvalue weighted by molar-refractivity contribution is 0.174. The molecule has 126 valence electrons. The second-order valence-electron chi connectivity index (χ2n) is 6.30. The number of aromatic nitrogens is 2. The molecule has 1 aromatic carbocycles. The number of benzene rings is 1. The van der Waals surface area contributed by atoms with Crippen molar-refractivity contribution in [1.29, 1.82) is 0 Å². The van der Waals surface area contributed by atoms with Gasteiger partial charge in [0.25, 0.3) is 0 Å². The highest BCUT2D eigenvalue weighted by Gasteiger charge is 2.16. The van der Waals surface area contributed by atoms with Crippen molar-refractivity contribution in [3.05, 3.63) is 41.7 Å². The minimum absolute atomic E-state index is 0.206. The summed E-state index contributed by atoms with van der Waals surface area (Å²) in [6, 6.07) is 6.27. The van der Waals surface area contributed by atoms with Gasteiger partial charge in [0.1, 0.15) is 0 Å². The van der Waals surface area contributed by atoms with Crippen molar-refractivity contribution < 1.29 is 9.47 Å². The Morgan fingerprint density at radius 1 is 1.12 bits per heavy atom. The molecule has 0 saturated carbocycles. The summed E-state index contributed by atoms with van der Waals surface area (Å²) in [4.78, 5) is 11.2. The van der Waals surface area contributed by atoms with Gasteiger partial charge in [0, 0.05) is 43.6 Å². The molecule has 0 amide bonds. The van der Waals surface area contributed by atoms with E-state index in [0.717, 1.165) is 42.6 Å². The van der Waals surface area contributed by atoms with Gasteiger partial charge < -0.3 is 19.7 Å². The lowest BCUT2D eigenvalue weighted by atomic mass is 10.1. The predicted octanol–water partition coefficient (Wildman–Crippen LogP) is 2.66. The first-order valence-electron chi connectivity index (χ1n) is 8.48. The van der Waals surface area contributed by atoms with Crippen LogP contribution in [0.4, 0.5) is 5.95 Å². The zero-order valence-electron chi connectivity index (χ0n) is 13.9. The highest BCUT2D eigenvalue weighted by atomic mass is 16.7. The van der Waals surface area contributed by atoms with Crippen LogP contribution >= 0.6 is 0 Å². The van der Waals surface area contributed by atoms with Gasteiger partial charge in [-0.15, -0.1) is 0 Å². The van der Waals surface area contributed by atoms with E-state index in [1.807, 2.05) is 24.5 Å². The van der Waals surface area contributed by atoms with Crippen LogP contribution in [0.2, 0.25) is 0 Å². The quantitative estimate of drug-likeness (QED) is 0.911. The molecule has 24 heavy (non-hydrogen) atoms. The molecule has 0 spiro atoms. The van der Waals surface area contributed by atoms with Crippen LogP contribution in [0.3, 0.4) is 0 Å². The minimum Gasteiger partial charge on any atom is -0.454 e. The van der Waals surface area contributed by atoms with E-state index in [1.165, 1.54) is 18.4 Å². The molecule has 3 heterocycles. The van der Waals surface area contributed by atoms with Gasteiger partial charge in [-0.05, 0) is 37.5 Å². The van der Waals surface area contributed by atoms with Crippen molar-refractivity contribution in [2.75, 3.05) is 24.8 Å². The maximum Gasteiger partial charge on any atom is 0.231 e. The number of nitrogens with one attached hydrogen (secondary N) is 1. The fourth-order valence-corrected chi connectivity index (χ4v) is 3.09. The second-order valence-corrected chi connectivity index (χ2v) is 6.30. The number of hydrogen-bond acceptors (Lipinski definition) is 6. The Bertz CT molecular complexity index is 699. The van der Waals surface area contributed by atoms with E-state index >= 15 is 0 Å². The Kier molecular flexibility index (Phi) is 4.21. The van der Waals surface area contributed by atoms with E-state index in [2.05, 4.69) is 33.2 Å². The van der Waals surface area contributed by atoms with Gasteiger partial charge in [0.15, 0.2) is 11.5 Å². The summed E-state index contributed by atoms with van der Waals surface area (Å²) < 4.78 is 10.8. The SMILES string of the molecule is CC(NCc1cnc(N2CCCC2)nc1)c1ccc2c(c1)OCO2. The van der Waals surface area contributed by atoms with E-state index < -0.39 is 0 Å². The van der Waals surface area contributed by atoms with Crippen molar-refractivity contribution in [2.45, 2.75) is 32.4 Å². The lowest BCUT2D eigenvalue weighted by Gasteiger charge is -2.16. The van der Waals surface area contributed by atoms with Crippen molar-refractivity contribution in [3.8, 4) is 11.5 Å². The van der Waals surface area contributed by atoms with E-state index in [0.29, 0.717) is 6.79 Å². The smallest absolute Gasteiger partial charge is 0.231 e. The van der Waals surface area contributed by atoms with Crippen molar-refractivity contribution in [1.82, 2.24) is 15.3 Å². The Hall–Kier alpha value is -2.34. The average molecular weight is 326 g/mol. The van der Waals surface area contributed by atoms with Gasteiger partial charge in [-0.2, -0.15) is 0 Å². The summed E-state index contributed by atoms with van der Waals surface area (Å²) in [5.74, 6) is 2.48. The molecule has 2 aliphatic rings. The third kappa shape index (κ3) is 3.14. The number of nitrogens with zero attached hydrogens (tertiary/aromatic N) is 3. The summed E-state index contributed by atoms with van der Waals surface area (Å²) in [5.41, 5.74) is 2.26. The number of rotatable bonds is 5. The zero-order valence-corrected chi connectivity index (χ0v) is 13.9. The zero-order chi connectivity index (χ0) is 16.4. The molecular weight excluding hydrogens is 304 g/mol. The van der Waals surface area contributed by atoms with Crippen LogP contribution in [-0.2, 0) is 6.54 Å². The van der Waals surface area contributed by atoms with E-state index in [-0.39, 0.29) is 6.04 Å². The van der Waals surface area contributed by atoms with Crippen molar-refractivity contribution >= 4 is 5.95 Å². The molecule has 2 aliphatic heterocycles. The average Bonchev–Trinajstić information content (AvgIpc) is 3.30. The standard InChI is InChI=1S/C18H22N4O2/c1-13(15-4-5-16-17(8-15)24-12-23-16)19-9-14-10-20-18(21-11-14)22-6-2-3-7-22/h4-5,8,10-11,13,19H,2-3,6-7,9,12H2,1H3. The number of fused-ring (bicyclic) bond motifs is 1. The maximum absolute atomic E-state index is 5.44. The molecule has 0 radical (unpaired) electrons. The normalized spacial score (nSPS) is 17.3. The molecule has 1 aromatic heterocycles. The molecule has 4 rings (SSSR count). The van der Waals surface area contributed by atoms with Crippen LogP contribution in [0.15, 0.2) is 30.6 Å². The third-order valence-electron chi connectivity index (χ3n) is 4.59. The predicted molar refractivity (Wildman–Crippen MR) is 91.3 cm³/mol. The molecule has 1 atom stereocenters. The molecule has 1 saturated heterocycles. The largest absolute Gasteiger partial charge is 0.454 e. The molecule has 1 fully saturated rings. The van der Waals surface area contributed by atoms with Crippen LogP contribution in [-0.4, -0.2) is 29.9 Å². The Balaban J connectivity index is 1.35. The number of anilines is 1. The topological polar surface area (TPSA) is 59.5 Å². The van der Waals surface area contributed by atoms with Gasteiger partial charge in [-0.1, -0.05) is 6.07 Å². The summed E-state index contributed by atoms with van der Waals surface area (Å²) in [6.07, 6.45) is 6.31. The molecule has 0 aliphatic carbocycles. The summed E-state index contributed by atoms with van der Waals surface area (Å²) in [5, 5.41) is 3.51. The minimum atomic E-state index is 0.206. The van der Waals surface area contributed by atoms with Crippen LogP contribution < -0.4 is 19.7 Å². The number of hydrogen-bond donors (Lipinski definition) is 1. The van der Waals surface area contributed by atoms with Gasteiger partial charge in [0.05, 0.1) is 0 Å². The number of ether oxygens (including phenoxy) is 2. The van der Waals surface area contributed by atoms with Gasteiger partial charge >= 0.3 is 0 Å². The molecule has 6 nitrogen and oxygen atoms in total. The summed E-state index contributed by atoms with van der Waals surface area (Å²) >= 11 is 0. The van der Waals surface area contributed by atoms with Gasteiger partial charge in [0.2, 0.25) is 12.7 Å². The van der Waals surface area contributed by atoms with Crippen molar-refractivity contribution in [2.24, 2.45) is 0 Å². The Labute approximate surface area is 141 Å². The highest BCUT2D eigenvalue weighted by molar-refractivity contribution is 5.45. The highest BCUT2D eigenvalue weighted by Crippen LogP contribution is 2.34. The van der Waals surface area contributed by atoms with Crippen LogP contribution in [0.5, 0.6) is 11.5 Å². The fourth-order valence-electron chi connectivity index (χ4n) is 3.09. The Morgan fingerprint density at radius 2 is 1.88 bits per heavy atom. The second kappa shape index (κ2) is 6.65. The molecular formula is C18H22N4O2. The fraction of sp³-hybridized carbons (Fsp3) is 0.444. The first-order chi connectivity index (χ1) is 11.8. The third-order valence-corrected chi connectivity index (χ3v) is 4.59.